The minimum Gasteiger partial charge on any atom is -0.354 e. The first-order valence-corrected chi connectivity index (χ1v) is 15.2. The Morgan fingerprint density at radius 2 is 1.76 bits per heavy atom. The molecule has 0 saturated heterocycles. The molecule has 9 heteroatoms. The van der Waals surface area contributed by atoms with Crippen molar-refractivity contribution in [3.8, 4) is 6.07 Å². The zero-order valence-corrected chi connectivity index (χ0v) is 25.2. The molecule has 4 saturated carbocycles. The van der Waals surface area contributed by atoms with Gasteiger partial charge in [0.15, 0.2) is 16.6 Å². The number of nitrogens with zero attached hydrogens (tertiary/aromatic N) is 3. The zero-order chi connectivity index (χ0) is 29.8. The molecule has 41 heavy (non-hydrogen) atoms. The third-order valence-electron chi connectivity index (χ3n) is 13.1. The summed E-state index contributed by atoms with van der Waals surface area (Å²) < 4.78 is 0. The van der Waals surface area contributed by atoms with E-state index >= 15 is 0 Å². The van der Waals surface area contributed by atoms with Crippen LogP contribution < -0.4 is 10.6 Å². The van der Waals surface area contributed by atoms with Crippen molar-refractivity contribution in [1.29, 1.82) is 5.26 Å². The van der Waals surface area contributed by atoms with Gasteiger partial charge in [-0.25, -0.2) is 10.1 Å². The standard InChI is InChI=1S/C32H43N5O4/c1-27(2)9-13-32(35-26(34-6)36-37(40)41)14-10-30(5)24(20(32)17-27)21(38)15-23-28(3)16-19(18-33)25(39)31(11-12-31)22(28)7-8-29(23,30)4/h15-16,20,22,24H,7-14,17H2,1-6H3,(H2,34,35,36)/t20-,22+,24-,28-,29+,30+,32-/m0/s1. The van der Waals surface area contributed by atoms with E-state index < -0.39 is 21.4 Å². The van der Waals surface area contributed by atoms with E-state index in [0.29, 0.717) is 0 Å². The van der Waals surface area contributed by atoms with Gasteiger partial charge < -0.3 is 10.6 Å². The molecule has 9 nitrogen and oxygen atoms in total. The lowest BCUT2D eigenvalue weighted by Gasteiger charge is -2.69. The molecule has 2 N–H and O–H groups in total. The van der Waals surface area contributed by atoms with Gasteiger partial charge in [-0.3, -0.25) is 9.59 Å². The van der Waals surface area contributed by atoms with Crippen molar-refractivity contribution in [1.82, 2.24) is 10.6 Å². The Morgan fingerprint density at radius 1 is 1.07 bits per heavy atom. The van der Waals surface area contributed by atoms with Crippen LogP contribution in [0.25, 0.3) is 0 Å². The highest BCUT2D eigenvalue weighted by Gasteiger charge is 2.72. The predicted molar refractivity (Wildman–Crippen MR) is 154 cm³/mol. The number of ketones is 2. The van der Waals surface area contributed by atoms with Crippen LogP contribution in [0.1, 0.15) is 92.4 Å². The number of nitriles is 1. The van der Waals surface area contributed by atoms with Crippen molar-refractivity contribution in [2.75, 3.05) is 7.05 Å². The second-order valence-electron chi connectivity index (χ2n) is 15.4. The van der Waals surface area contributed by atoms with Crippen LogP contribution in [0.4, 0.5) is 0 Å². The smallest absolute Gasteiger partial charge is 0.268 e. The molecule has 220 valence electrons. The fourth-order valence-electron chi connectivity index (χ4n) is 10.7. The summed E-state index contributed by atoms with van der Waals surface area (Å²) in [6.07, 6.45) is 11.5. The summed E-state index contributed by atoms with van der Waals surface area (Å²) in [5, 5.41) is 30.5. The van der Waals surface area contributed by atoms with E-state index in [2.05, 4.69) is 56.4 Å². The second-order valence-corrected chi connectivity index (χ2v) is 15.4. The van der Waals surface area contributed by atoms with Gasteiger partial charge in [0.25, 0.3) is 5.96 Å². The number of nitrogens with one attached hydrogen (secondary N) is 2. The number of Topliss-reactive ketones (excluding diaryl/α,β-unsaturated/α-hetero) is 1. The number of fused-ring (bicyclic) bond motifs is 8. The summed E-state index contributed by atoms with van der Waals surface area (Å²) >= 11 is 0. The average Bonchev–Trinajstić information content (AvgIpc) is 3.69. The van der Waals surface area contributed by atoms with Gasteiger partial charge in [0.05, 0.1) is 5.57 Å². The molecule has 0 aliphatic heterocycles. The first kappa shape index (κ1) is 28.1. The second kappa shape index (κ2) is 8.52. The Morgan fingerprint density at radius 3 is 2.37 bits per heavy atom. The number of nitro groups is 1. The van der Waals surface area contributed by atoms with E-state index in [1.54, 1.807) is 7.05 Å². The summed E-state index contributed by atoms with van der Waals surface area (Å²) in [4.78, 5) is 39.2. The first-order valence-electron chi connectivity index (χ1n) is 15.2. The van der Waals surface area contributed by atoms with Crippen LogP contribution in [0.5, 0.6) is 0 Å². The monoisotopic (exact) mass is 561 g/mol. The molecule has 7 atom stereocenters. The molecule has 4 fully saturated rings. The molecule has 0 aromatic rings. The first-order chi connectivity index (χ1) is 19.1. The number of rotatable bonds is 2. The van der Waals surface area contributed by atoms with E-state index in [1.807, 2.05) is 12.2 Å². The van der Waals surface area contributed by atoms with Crippen LogP contribution in [0.15, 0.2) is 28.4 Å². The molecule has 0 aromatic heterocycles. The van der Waals surface area contributed by atoms with Crippen LogP contribution in [0.3, 0.4) is 0 Å². The maximum atomic E-state index is 14.6. The Bertz CT molecular complexity index is 1380. The highest BCUT2D eigenvalue weighted by molar-refractivity contribution is 6.06. The maximum Gasteiger partial charge on any atom is 0.268 e. The number of guanidine groups is 1. The van der Waals surface area contributed by atoms with Gasteiger partial charge in [-0.15, -0.1) is 0 Å². The van der Waals surface area contributed by atoms with Gasteiger partial charge in [-0.1, -0.05) is 46.3 Å². The molecular weight excluding hydrogens is 518 g/mol. The molecule has 1 spiro atoms. The number of carbonyl (C=O) groups excluding carboxylic acids is 2. The average molecular weight is 562 g/mol. The van der Waals surface area contributed by atoms with Gasteiger partial charge in [-0.2, -0.15) is 5.26 Å². The number of hydrogen-bond acceptors (Lipinski definition) is 5. The SMILES string of the molecule is CN/C(=N\[N+](=O)[O-])N[C@]12CCC(C)(C)C[C@H]1[C@H]1C(=O)C=C3[C@@]4(C)C=C(C#N)C(=O)C5(CC5)[C@@H]4CC[C@@]3(C)[C@]1(C)CC2. The van der Waals surface area contributed by atoms with Crippen LogP contribution in [-0.2, 0) is 9.59 Å². The molecule has 0 aromatic carbocycles. The van der Waals surface area contributed by atoms with E-state index in [1.165, 1.54) is 0 Å². The topological polar surface area (TPSA) is 137 Å². The summed E-state index contributed by atoms with van der Waals surface area (Å²) in [6.45, 7) is 11.3. The molecule has 0 heterocycles. The van der Waals surface area contributed by atoms with Crippen molar-refractivity contribution in [2.45, 2.75) is 97.9 Å². The summed E-state index contributed by atoms with van der Waals surface area (Å²) in [5.74, 6) is 0.120. The minimum absolute atomic E-state index is 0.00703. The summed E-state index contributed by atoms with van der Waals surface area (Å²) in [5.41, 5.74) is -0.633. The van der Waals surface area contributed by atoms with E-state index in [0.717, 1.165) is 63.4 Å². The maximum absolute atomic E-state index is 14.6. The van der Waals surface area contributed by atoms with Gasteiger partial charge in [0.1, 0.15) is 11.2 Å². The molecule has 0 radical (unpaired) electrons. The van der Waals surface area contributed by atoms with E-state index in [4.69, 9.17) is 0 Å². The van der Waals surface area contributed by atoms with Gasteiger partial charge in [0.2, 0.25) is 0 Å². The predicted octanol–water partition coefficient (Wildman–Crippen LogP) is 5.07. The highest BCUT2D eigenvalue weighted by atomic mass is 16.7. The Kier molecular flexibility index (Phi) is 5.84. The fraction of sp³-hybridized carbons (Fsp3) is 0.750. The number of allylic oxidation sites excluding steroid dienone is 4. The van der Waals surface area contributed by atoms with E-state index in [9.17, 15) is 25.0 Å². The molecule has 0 bridgehead atoms. The lowest BCUT2D eigenvalue weighted by atomic mass is 9.35. The van der Waals surface area contributed by atoms with Gasteiger partial charge in [-0.05, 0) is 91.9 Å². The quantitative estimate of drug-likeness (QED) is 0.208. The Hall–Kier alpha value is -3.02. The van der Waals surface area contributed by atoms with Crippen LogP contribution in [-0.4, -0.2) is 35.1 Å². The summed E-state index contributed by atoms with van der Waals surface area (Å²) in [6, 6.07) is 2.21. The summed E-state index contributed by atoms with van der Waals surface area (Å²) in [7, 11) is 1.63. The van der Waals surface area contributed by atoms with Crippen molar-refractivity contribution in [2.24, 2.45) is 49.9 Å². The Labute approximate surface area is 242 Å². The molecular formula is C32H43N5O4. The van der Waals surface area contributed by atoms with Crippen molar-refractivity contribution in [3.63, 3.8) is 0 Å². The third kappa shape index (κ3) is 3.61. The highest BCUT2D eigenvalue weighted by Crippen LogP contribution is 2.76. The van der Waals surface area contributed by atoms with Crippen molar-refractivity contribution < 1.29 is 14.6 Å². The van der Waals surface area contributed by atoms with Crippen LogP contribution >= 0.6 is 0 Å². The normalized spacial score (nSPS) is 43.7. The van der Waals surface area contributed by atoms with Crippen LogP contribution in [0.2, 0.25) is 0 Å². The third-order valence-corrected chi connectivity index (χ3v) is 13.1. The Balaban J connectivity index is 1.48. The number of hydrogen-bond donors (Lipinski definition) is 2. The van der Waals surface area contributed by atoms with Gasteiger partial charge >= 0.3 is 0 Å². The minimum atomic E-state index is -0.685. The number of hydrazone groups is 1. The molecule has 0 amide bonds. The van der Waals surface area contributed by atoms with Crippen molar-refractivity contribution in [3.05, 3.63) is 33.4 Å². The zero-order valence-electron chi connectivity index (χ0n) is 25.2. The molecule has 0 unspecified atom stereocenters. The molecule has 6 aliphatic carbocycles. The molecule has 6 aliphatic rings. The van der Waals surface area contributed by atoms with E-state index in [-0.39, 0.29) is 57.1 Å². The lowest BCUT2D eigenvalue weighted by Crippen LogP contribution is -2.70. The molecule has 6 rings (SSSR count). The number of carbonyl (C=O) groups is 2. The van der Waals surface area contributed by atoms with Gasteiger partial charge in [0, 0.05) is 29.3 Å². The van der Waals surface area contributed by atoms with Crippen LogP contribution in [0, 0.1) is 66.3 Å². The lowest BCUT2D eigenvalue weighted by molar-refractivity contribution is -0.485. The fourth-order valence-corrected chi connectivity index (χ4v) is 10.7. The largest absolute Gasteiger partial charge is 0.354 e. The van der Waals surface area contributed by atoms with Crippen molar-refractivity contribution >= 4 is 17.5 Å².